The van der Waals surface area contributed by atoms with E-state index in [0.717, 1.165) is 64.6 Å². The van der Waals surface area contributed by atoms with Gasteiger partial charge < -0.3 is 9.47 Å². The minimum atomic E-state index is 0.185. The van der Waals surface area contributed by atoms with Crippen LogP contribution < -0.4 is 0 Å². The molecule has 0 radical (unpaired) electrons. The number of piperidine rings is 1. The van der Waals surface area contributed by atoms with Crippen molar-refractivity contribution in [3.8, 4) is 22.6 Å². The molecule has 0 saturated carbocycles. The van der Waals surface area contributed by atoms with Crippen LogP contribution in [0.3, 0.4) is 0 Å². The van der Waals surface area contributed by atoms with Crippen molar-refractivity contribution in [1.29, 1.82) is 0 Å². The molecule has 1 atom stereocenters. The van der Waals surface area contributed by atoms with Crippen molar-refractivity contribution < 1.29 is 4.79 Å². The van der Waals surface area contributed by atoms with E-state index in [2.05, 4.69) is 52.9 Å². The van der Waals surface area contributed by atoms with Crippen molar-refractivity contribution in [3.05, 3.63) is 60.7 Å². The van der Waals surface area contributed by atoms with Crippen LogP contribution in [0.5, 0.6) is 0 Å². The molecule has 0 spiro atoms. The van der Waals surface area contributed by atoms with Gasteiger partial charge in [0, 0.05) is 35.6 Å². The van der Waals surface area contributed by atoms with E-state index in [9.17, 15) is 4.79 Å². The number of carbonyl (C=O) groups is 1. The zero-order valence-corrected chi connectivity index (χ0v) is 20.5. The van der Waals surface area contributed by atoms with Crippen LogP contribution in [-0.2, 0) is 11.3 Å². The first-order valence-corrected chi connectivity index (χ1v) is 13.0. The van der Waals surface area contributed by atoms with Crippen LogP contribution in [0.15, 0.2) is 65.8 Å². The summed E-state index contributed by atoms with van der Waals surface area (Å²) in [6, 6.07) is 20.8. The van der Waals surface area contributed by atoms with E-state index in [1.54, 1.807) is 0 Å². The number of rotatable bonds is 6. The first-order chi connectivity index (χ1) is 16.7. The predicted molar refractivity (Wildman–Crippen MR) is 138 cm³/mol. The second kappa shape index (κ2) is 9.97. The van der Waals surface area contributed by atoms with Crippen LogP contribution in [0.2, 0.25) is 0 Å². The molecule has 3 heterocycles. The number of carbonyl (C=O) groups excluding carboxylic acids is 1. The summed E-state index contributed by atoms with van der Waals surface area (Å²) in [5.41, 5.74) is 3.89. The van der Waals surface area contributed by atoms with Gasteiger partial charge in [0.2, 0.25) is 5.91 Å². The number of amides is 1. The fourth-order valence-corrected chi connectivity index (χ4v) is 5.56. The normalized spacial score (nSPS) is 16.2. The Morgan fingerprint density at radius 3 is 2.65 bits per heavy atom. The smallest absolute Gasteiger partial charge is 0.233 e. The third-order valence-electron chi connectivity index (χ3n) is 6.51. The Kier molecular flexibility index (Phi) is 6.63. The predicted octanol–water partition coefficient (Wildman–Crippen LogP) is 5.67. The van der Waals surface area contributed by atoms with E-state index in [0.29, 0.717) is 11.8 Å². The second-order valence-electron chi connectivity index (χ2n) is 8.71. The van der Waals surface area contributed by atoms with Crippen LogP contribution in [0.25, 0.3) is 33.5 Å². The van der Waals surface area contributed by atoms with Crippen LogP contribution in [0.4, 0.5) is 0 Å². The monoisotopic (exact) mass is 471 g/mol. The fraction of sp³-hybridized carbons (Fsp3) is 0.333. The minimum Gasteiger partial charge on any atom is -0.339 e. The molecular formula is C27H29N5OS. The van der Waals surface area contributed by atoms with Crippen molar-refractivity contribution >= 4 is 28.6 Å². The number of hydrogen-bond acceptors (Lipinski definition) is 5. The summed E-state index contributed by atoms with van der Waals surface area (Å²) in [6.45, 7) is 5.81. The quantitative estimate of drug-likeness (QED) is 0.339. The van der Waals surface area contributed by atoms with Gasteiger partial charge in [-0.25, -0.2) is 4.98 Å². The van der Waals surface area contributed by atoms with Crippen LogP contribution in [0, 0.1) is 0 Å². The lowest BCUT2D eigenvalue weighted by Gasteiger charge is -2.33. The average molecular weight is 472 g/mol. The van der Waals surface area contributed by atoms with Gasteiger partial charge in [0.05, 0.1) is 17.0 Å². The van der Waals surface area contributed by atoms with Crippen LogP contribution in [-0.4, -0.2) is 48.9 Å². The topological polar surface area (TPSA) is 63.9 Å². The lowest BCUT2D eigenvalue weighted by Crippen LogP contribution is -2.43. The molecule has 4 aromatic rings. The third-order valence-corrected chi connectivity index (χ3v) is 7.46. The van der Waals surface area contributed by atoms with Crippen molar-refractivity contribution in [3.63, 3.8) is 0 Å². The molecule has 1 saturated heterocycles. The number of hydrogen-bond donors (Lipinski definition) is 0. The van der Waals surface area contributed by atoms with Gasteiger partial charge in [0.15, 0.2) is 11.0 Å². The molecule has 1 fully saturated rings. The van der Waals surface area contributed by atoms with Gasteiger partial charge in [-0.2, -0.15) is 0 Å². The first-order valence-electron chi connectivity index (χ1n) is 12.0. The Morgan fingerprint density at radius 2 is 1.85 bits per heavy atom. The van der Waals surface area contributed by atoms with Gasteiger partial charge in [0.1, 0.15) is 0 Å². The third kappa shape index (κ3) is 4.44. The highest BCUT2D eigenvalue weighted by atomic mass is 32.2. The summed E-state index contributed by atoms with van der Waals surface area (Å²) < 4.78 is 2.11. The molecule has 1 aliphatic rings. The average Bonchev–Trinajstić information content (AvgIpc) is 3.30. The molecule has 2 aromatic heterocycles. The molecule has 6 nitrogen and oxygen atoms in total. The molecule has 174 valence electrons. The Hall–Kier alpha value is -3.19. The zero-order chi connectivity index (χ0) is 23.5. The van der Waals surface area contributed by atoms with Crippen molar-refractivity contribution in [2.75, 3.05) is 12.3 Å². The molecule has 0 bridgehead atoms. The maximum absolute atomic E-state index is 12.9. The summed E-state index contributed by atoms with van der Waals surface area (Å²) in [4.78, 5) is 19.8. The second-order valence-corrected chi connectivity index (χ2v) is 9.65. The lowest BCUT2D eigenvalue weighted by molar-refractivity contribution is -0.131. The highest BCUT2D eigenvalue weighted by Gasteiger charge is 2.24. The molecule has 1 unspecified atom stereocenters. The SMILES string of the molecule is CCn1c(SCC(=O)N2CCCCC2C)nnc1-c1cc(-c2ccccc2)nc2ccccc12. The van der Waals surface area contributed by atoms with Gasteiger partial charge in [-0.15, -0.1) is 10.2 Å². The molecule has 34 heavy (non-hydrogen) atoms. The Balaban J connectivity index is 1.49. The summed E-state index contributed by atoms with van der Waals surface area (Å²) in [5.74, 6) is 1.37. The van der Waals surface area contributed by atoms with Crippen molar-refractivity contribution in [2.24, 2.45) is 0 Å². The fourth-order valence-electron chi connectivity index (χ4n) is 4.67. The summed E-state index contributed by atoms with van der Waals surface area (Å²) >= 11 is 1.48. The standard InChI is InChI=1S/C27H29N5OS/c1-3-31-26(29-30-27(31)34-18-25(33)32-16-10-9-11-19(32)2)22-17-24(20-12-5-4-6-13-20)28-23-15-8-7-14-21(22)23/h4-8,12-15,17,19H,3,9-11,16,18H2,1-2H3. The number of aromatic nitrogens is 4. The highest BCUT2D eigenvalue weighted by Crippen LogP contribution is 2.33. The van der Waals surface area contributed by atoms with Crippen molar-refractivity contribution in [1.82, 2.24) is 24.6 Å². The number of nitrogens with zero attached hydrogens (tertiary/aromatic N) is 5. The largest absolute Gasteiger partial charge is 0.339 e. The number of para-hydroxylation sites is 1. The number of benzene rings is 2. The molecule has 1 aliphatic heterocycles. The molecular weight excluding hydrogens is 442 g/mol. The van der Waals surface area contributed by atoms with E-state index in [1.165, 1.54) is 18.2 Å². The Morgan fingerprint density at radius 1 is 1.06 bits per heavy atom. The number of likely N-dealkylation sites (tertiary alicyclic amines) is 1. The molecule has 0 aliphatic carbocycles. The molecule has 2 aromatic carbocycles. The van der Waals surface area contributed by atoms with E-state index < -0.39 is 0 Å². The summed E-state index contributed by atoms with van der Waals surface area (Å²) in [5, 5.41) is 10.9. The summed E-state index contributed by atoms with van der Waals surface area (Å²) in [6.07, 6.45) is 3.38. The number of fused-ring (bicyclic) bond motifs is 1. The van der Waals surface area contributed by atoms with Gasteiger partial charge in [0.25, 0.3) is 0 Å². The highest BCUT2D eigenvalue weighted by molar-refractivity contribution is 7.99. The Labute approximate surface area is 204 Å². The lowest BCUT2D eigenvalue weighted by atomic mass is 10.0. The first kappa shape index (κ1) is 22.6. The maximum atomic E-state index is 12.9. The summed E-state index contributed by atoms with van der Waals surface area (Å²) in [7, 11) is 0. The van der Waals surface area contributed by atoms with Crippen LogP contribution in [0.1, 0.15) is 33.1 Å². The van der Waals surface area contributed by atoms with Gasteiger partial charge in [-0.3, -0.25) is 4.79 Å². The van der Waals surface area contributed by atoms with Gasteiger partial charge >= 0.3 is 0 Å². The number of pyridine rings is 1. The minimum absolute atomic E-state index is 0.185. The van der Waals surface area contributed by atoms with Gasteiger partial charge in [-0.1, -0.05) is 60.3 Å². The van der Waals surface area contributed by atoms with Crippen molar-refractivity contribution in [2.45, 2.75) is 50.9 Å². The van der Waals surface area contributed by atoms with E-state index in [1.807, 2.05) is 41.3 Å². The van der Waals surface area contributed by atoms with E-state index in [-0.39, 0.29) is 5.91 Å². The van der Waals surface area contributed by atoms with E-state index >= 15 is 0 Å². The van der Waals surface area contributed by atoms with Crippen LogP contribution >= 0.6 is 11.8 Å². The maximum Gasteiger partial charge on any atom is 0.233 e. The zero-order valence-electron chi connectivity index (χ0n) is 19.6. The molecule has 5 rings (SSSR count). The molecule has 7 heteroatoms. The van der Waals surface area contributed by atoms with Gasteiger partial charge in [-0.05, 0) is 45.2 Å². The van der Waals surface area contributed by atoms with E-state index in [4.69, 9.17) is 4.98 Å². The molecule has 1 amide bonds. The molecule has 0 N–H and O–H groups in total. The Bertz CT molecular complexity index is 1300. The number of thioether (sulfide) groups is 1.